The second-order valence-corrected chi connectivity index (χ2v) is 8.34. The largest absolute Gasteiger partial charge is 0.239 e. The molecule has 2 aromatic heterocycles. The Morgan fingerprint density at radius 1 is 1.44 bits per heavy atom. The van der Waals surface area contributed by atoms with E-state index in [4.69, 9.17) is 0 Å². The molecular formula is C11H11BrN2O2S2. The monoisotopic (exact) mass is 346 g/mol. The van der Waals surface area contributed by atoms with E-state index in [9.17, 15) is 8.42 Å². The summed E-state index contributed by atoms with van der Waals surface area (Å²) in [6.07, 6.45) is 2.36. The molecule has 1 fully saturated rings. The maximum absolute atomic E-state index is 11.9. The van der Waals surface area contributed by atoms with E-state index < -0.39 is 9.84 Å². The summed E-state index contributed by atoms with van der Waals surface area (Å²) in [5.74, 6) is 0.632. The Kier molecular flexibility index (Phi) is 2.95. The molecule has 2 heterocycles. The van der Waals surface area contributed by atoms with Crippen molar-refractivity contribution < 1.29 is 8.42 Å². The van der Waals surface area contributed by atoms with Gasteiger partial charge in [0.25, 0.3) is 0 Å². The second-order valence-electron chi connectivity index (χ2n) is 4.33. The normalized spacial score (nSPS) is 16.3. The Bertz CT molecular complexity index is 720. The molecule has 0 radical (unpaired) electrons. The first-order valence-corrected chi connectivity index (χ1v) is 8.97. The molecule has 2 aromatic rings. The maximum Gasteiger partial charge on any atom is 0.180 e. The number of hydrogen-bond acceptors (Lipinski definition) is 5. The molecule has 0 saturated heterocycles. The fourth-order valence-corrected chi connectivity index (χ4v) is 4.87. The first-order valence-electron chi connectivity index (χ1n) is 5.71. The quantitative estimate of drug-likeness (QED) is 0.801. The van der Waals surface area contributed by atoms with Gasteiger partial charge in [-0.15, -0.1) is 0 Å². The lowest BCUT2D eigenvalue weighted by atomic mass is 10.4. The minimum Gasteiger partial charge on any atom is -0.239 e. The van der Waals surface area contributed by atoms with Crippen molar-refractivity contribution in [2.75, 3.05) is 5.75 Å². The van der Waals surface area contributed by atoms with Gasteiger partial charge in [0, 0.05) is 5.92 Å². The van der Waals surface area contributed by atoms with Crippen molar-refractivity contribution in [1.29, 1.82) is 0 Å². The van der Waals surface area contributed by atoms with Gasteiger partial charge in [0.05, 0.1) is 10.8 Å². The van der Waals surface area contributed by atoms with Crippen LogP contribution in [0.4, 0.5) is 0 Å². The van der Waals surface area contributed by atoms with E-state index in [2.05, 4.69) is 25.9 Å². The van der Waals surface area contributed by atoms with Gasteiger partial charge in [0.1, 0.15) is 19.8 Å². The average Bonchev–Trinajstić information content (AvgIpc) is 3.09. The third kappa shape index (κ3) is 2.08. The van der Waals surface area contributed by atoms with Gasteiger partial charge in [-0.3, -0.25) is 0 Å². The third-order valence-corrected chi connectivity index (χ3v) is 6.70. The highest BCUT2D eigenvalue weighted by Crippen LogP contribution is 2.43. The van der Waals surface area contributed by atoms with Crippen LogP contribution < -0.4 is 0 Å². The third-order valence-electron chi connectivity index (χ3n) is 2.96. The molecule has 7 heteroatoms. The van der Waals surface area contributed by atoms with Gasteiger partial charge in [-0.05, 0) is 34.8 Å². The Hall–Kier alpha value is -0.530. The van der Waals surface area contributed by atoms with Crippen molar-refractivity contribution in [2.24, 2.45) is 0 Å². The van der Waals surface area contributed by atoms with Crippen LogP contribution in [0.15, 0.2) is 15.6 Å². The maximum atomic E-state index is 11.9. The van der Waals surface area contributed by atoms with Gasteiger partial charge in [0.15, 0.2) is 9.84 Å². The molecule has 0 aliphatic heterocycles. The number of aromatic nitrogens is 2. The van der Waals surface area contributed by atoms with E-state index >= 15 is 0 Å². The molecule has 4 nitrogen and oxygen atoms in total. The number of pyridine rings is 1. The fraction of sp³-hybridized carbons (Fsp3) is 0.455. The minimum atomic E-state index is -3.26. The molecule has 0 N–H and O–H groups in total. The minimum absolute atomic E-state index is 0.0679. The summed E-state index contributed by atoms with van der Waals surface area (Å²) in [4.78, 5) is 9.85. The summed E-state index contributed by atoms with van der Waals surface area (Å²) in [6, 6.07) is 1.63. The van der Waals surface area contributed by atoms with Crippen LogP contribution in [0.5, 0.6) is 0 Å². The molecule has 1 saturated carbocycles. The molecule has 3 rings (SSSR count). The van der Waals surface area contributed by atoms with Gasteiger partial charge < -0.3 is 0 Å². The number of hydrogen-bond donors (Lipinski definition) is 0. The highest BCUT2D eigenvalue weighted by molar-refractivity contribution is 9.10. The van der Waals surface area contributed by atoms with E-state index in [0.29, 0.717) is 16.0 Å². The Morgan fingerprint density at radius 3 is 2.78 bits per heavy atom. The van der Waals surface area contributed by atoms with Gasteiger partial charge in [-0.25, -0.2) is 18.4 Å². The zero-order valence-corrected chi connectivity index (χ0v) is 12.9. The van der Waals surface area contributed by atoms with Crippen molar-refractivity contribution >= 4 is 47.5 Å². The van der Waals surface area contributed by atoms with Crippen LogP contribution in [0.3, 0.4) is 0 Å². The van der Waals surface area contributed by atoms with E-state index in [1.165, 1.54) is 12.8 Å². The lowest BCUT2D eigenvalue weighted by Crippen LogP contribution is -2.05. The van der Waals surface area contributed by atoms with E-state index in [0.717, 1.165) is 9.84 Å². The summed E-state index contributed by atoms with van der Waals surface area (Å²) >= 11 is 4.81. The highest BCUT2D eigenvalue weighted by atomic mass is 79.9. The second kappa shape index (κ2) is 4.25. The van der Waals surface area contributed by atoms with Crippen molar-refractivity contribution in [1.82, 2.24) is 9.97 Å². The van der Waals surface area contributed by atoms with Crippen LogP contribution in [0.25, 0.3) is 10.3 Å². The molecule has 1 aliphatic rings. The van der Waals surface area contributed by atoms with Crippen LogP contribution in [0, 0.1) is 0 Å². The van der Waals surface area contributed by atoms with E-state index in [-0.39, 0.29) is 10.6 Å². The van der Waals surface area contributed by atoms with Crippen LogP contribution in [0.1, 0.15) is 30.7 Å². The molecule has 0 aromatic carbocycles. The van der Waals surface area contributed by atoms with Gasteiger partial charge >= 0.3 is 0 Å². The fourth-order valence-electron chi connectivity index (χ4n) is 1.72. The molecular weight excluding hydrogens is 336 g/mol. The zero-order chi connectivity index (χ0) is 12.9. The predicted molar refractivity (Wildman–Crippen MR) is 74.8 cm³/mol. The van der Waals surface area contributed by atoms with Crippen molar-refractivity contribution in [3.63, 3.8) is 0 Å². The topological polar surface area (TPSA) is 59.9 Å². The summed E-state index contributed by atoms with van der Waals surface area (Å²) in [6.45, 7) is 1.63. The average molecular weight is 347 g/mol. The number of halogens is 1. The molecule has 0 bridgehead atoms. The summed E-state index contributed by atoms with van der Waals surface area (Å²) in [7, 11) is -3.26. The smallest absolute Gasteiger partial charge is 0.180 e. The first-order chi connectivity index (χ1) is 8.51. The van der Waals surface area contributed by atoms with Gasteiger partial charge in [-0.1, -0.05) is 18.3 Å². The van der Waals surface area contributed by atoms with Crippen LogP contribution in [0.2, 0.25) is 0 Å². The van der Waals surface area contributed by atoms with Crippen LogP contribution in [-0.4, -0.2) is 24.1 Å². The molecule has 1 aliphatic carbocycles. The lowest BCUT2D eigenvalue weighted by molar-refractivity contribution is 0.596. The lowest BCUT2D eigenvalue weighted by Gasteiger charge is -2.02. The summed E-state index contributed by atoms with van der Waals surface area (Å²) < 4.78 is 24.2. The van der Waals surface area contributed by atoms with Crippen molar-refractivity contribution in [2.45, 2.75) is 30.6 Å². The number of rotatable bonds is 3. The van der Waals surface area contributed by atoms with Gasteiger partial charge in [0.2, 0.25) is 0 Å². The first kappa shape index (κ1) is 12.5. The van der Waals surface area contributed by atoms with E-state index in [1.54, 1.807) is 24.3 Å². The summed E-state index contributed by atoms with van der Waals surface area (Å²) in [5.41, 5.74) is 0.692. The molecule has 0 spiro atoms. The number of nitrogens with zero attached hydrogens (tertiary/aromatic N) is 2. The highest BCUT2D eigenvalue weighted by Gasteiger charge is 2.28. The zero-order valence-electron chi connectivity index (χ0n) is 9.68. The SMILES string of the molecule is CCS(=O)(=O)c1cc2nc(C3CC3)sc2nc1Br. The molecule has 0 unspecified atom stereocenters. The molecule has 0 atom stereocenters. The van der Waals surface area contributed by atoms with E-state index in [1.807, 2.05) is 0 Å². The Labute approximate surface area is 118 Å². The number of thiazole rings is 1. The van der Waals surface area contributed by atoms with Crippen LogP contribution >= 0.6 is 27.3 Å². The predicted octanol–water partition coefficient (Wildman–Crippen LogP) is 3.12. The molecule has 18 heavy (non-hydrogen) atoms. The Balaban J connectivity index is 2.19. The summed E-state index contributed by atoms with van der Waals surface area (Å²) in [5, 5.41) is 1.08. The van der Waals surface area contributed by atoms with Gasteiger partial charge in [-0.2, -0.15) is 0 Å². The van der Waals surface area contributed by atoms with Crippen molar-refractivity contribution in [3.8, 4) is 0 Å². The Morgan fingerprint density at radius 2 is 2.17 bits per heavy atom. The molecule has 0 amide bonds. The number of sulfone groups is 1. The standard InChI is InChI=1S/C11H11BrN2O2S2/c1-2-18(15,16)8-5-7-11(14-9(8)12)17-10(13-7)6-3-4-6/h5-6H,2-4H2,1H3. The number of fused-ring (bicyclic) bond motifs is 1. The van der Waals surface area contributed by atoms with Crippen LogP contribution in [-0.2, 0) is 9.84 Å². The molecule has 96 valence electrons. The van der Waals surface area contributed by atoms with Crippen molar-refractivity contribution in [3.05, 3.63) is 15.7 Å².